The molecule has 2 aliphatic rings. The quantitative estimate of drug-likeness (QED) is 0.299. The highest BCUT2D eigenvalue weighted by Crippen LogP contribution is 2.37. The highest BCUT2D eigenvalue weighted by Gasteiger charge is 2.52. The third-order valence-electron chi connectivity index (χ3n) is 8.01. The number of nitrogens with zero attached hydrogens (tertiary/aromatic N) is 1. The number of carbonyl (C=O) groups excluding carboxylic acids is 2. The van der Waals surface area contributed by atoms with Crippen LogP contribution >= 0.6 is 0 Å². The SMILES string of the molecule is Cc1cccc(OCCCC(=O)N2CCCc3c(-c4cccc(COC(=O)NC5(C(=O)O)CC5)c4)cccc32)c1C. The Morgan fingerprint density at radius 3 is 2.59 bits per heavy atom. The number of hydrogen-bond donors (Lipinski definition) is 2. The Balaban J connectivity index is 1.22. The van der Waals surface area contributed by atoms with Crippen LogP contribution < -0.4 is 15.0 Å². The number of benzene rings is 3. The van der Waals surface area contributed by atoms with Gasteiger partial charge in [-0.2, -0.15) is 0 Å². The van der Waals surface area contributed by atoms with Gasteiger partial charge in [0.2, 0.25) is 5.91 Å². The summed E-state index contributed by atoms with van der Waals surface area (Å²) in [6, 6.07) is 19.8. The van der Waals surface area contributed by atoms with E-state index in [0.717, 1.165) is 52.1 Å². The molecule has 0 bridgehead atoms. The number of hydrogen-bond acceptors (Lipinski definition) is 5. The number of alkyl carbamates (subject to hydrolysis) is 1. The normalized spacial score (nSPS) is 15.0. The Hall–Kier alpha value is -4.33. The number of amides is 2. The summed E-state index contributed by atoms with van der Waals surface area (Å²) in [6.07, 6.45) is 2.88. The van der Waals surface area contributed by atoms with Crippen LogP contribution in [0.5, 0.6) is 5.75 Å². The summed E-state index contributed by atoms with van der Waals surface area (Å²) >= 11 is 0. The third-order valence-corrected chi connectivity index (χ3v) is 8.01. The standard InChI is InChI=1S/C33H36N2O6/c1-22-8-3-14-29(23(22)2)40-19-7-15-30(36)35-18-6-12-27-26(11-5-13-28(27)35)25-10-4-9-24(20-25)21-41-32(39)34-33(16-17-33)31(37)38/h3-5,8-11,13-14,20H,6-7,12,15-19,21H2,1-2H3,(H,34,39)(H,37,38). The first kappa shape index (κ1) is 28.2. The summed E-state index contributed by atoms with van der Waals surface area (Å²) in [7, 11) is 0. The number of aryl methyl sites for hydroxylation is 1. The number of aliphatic carboxylic acids is 1. The number of rotatable bonds is 10. The molecule has 0 saturated heterocycles. The van der Waals surface area contributed by atoms with Crippen LogP contribution in [0.3, 0.4) is 0 Å². The van der Waals surface area contributed by atoms with E-state index in [1.807, 2.05) is 60.4 Å². The Kier molecular flexibility index (Phi) is 8.28. The highest BCUT2D eigenvalue weighted by atomic mass is 16.5. The maximum Gasteiger partial charge on any atom is 0.408 e. The minimum atomic E-state index is -1.18. The van der Waals surface area contributed by atoms with E-state index in [2.05, 4.69) is 24.4 Å². The zero-order valence-electron chi connectivity index (χ0n) is 23.6. The van der Waals surface area contributed by atoms with E-state index in [4.69, 9.17) is 9.47 Å². The molecule has 1 aliphatic heterocycles. The number of carboxylic acids is 1. The van der Waals surface area contributed by atoms with Crippen molar-refractivity contribution >= 4 is 23.7 Å². The second-order valence-corrected chi connectivity index (χ2v) is 10.9. The van der Waals surface area contributed by atoms with Crippen molar-refractivity contribution in [3.63, 3.8) is 0 Å². The zero-order valence-corrected chi connectivity index (χ0v) is 23.6. The molecular formula is C33H36N2O6. The van der Waals surface area contributed by atoms with Crippen LogP contribution in [-0.4, -0.2) is 41.8 Å². The molecule has 1 aliphatic carbocycles. The summed E-state index contributed by atoms with van der Waals surface area (Å²) in [5.74, 6) is -0.0788. The van der Waals surface area contributed by atoms with Crippen LogP contribution in [0, 0.1) is 13.8 Å². The van der Waals surface area contributed by atoms with Gasteiger partial charge in [-0.15, -0.1) is 0 Å². The second kappa shape index (κ2) is 12.0. The number of fused-ring (bicyclic) bond motifs is 1. The molecule has 0 atom stereocenters. The number of carboxylic acid groups (broad SMARTS) is 1. The average molecular weight is 557 g/mol. The average Bonchev–Trinajstić information content (AvgIpc) is 3.76. The molecule has 1 fully saturated rings. The van der Waals surface area contributed by atoms with E-state index in [-0.39, 0.29) is 12.5 Å². The van der Waals surface area contributed by atoms with Gasteiger partial charge >= 0.3 is 12.1 Å². The van der Waals surface area contributed by atoms with Crippen molar-refractivity contribution < 1.29 is 29.0 Å². The highest BCUT2D eigenvalue weighted by molar-refractivity contribution is 5.96. The van der Waals surface area contributed by atoms with Crippen LogP contribution in [0.15, 0.2) is 60.7 Å². The topological polar surface area (TPSA) is 105 Å². The maximum atomic E-state index is 13.3. The molecule has 8 heteroatoms. The molecule has 3 aromatic rings. The fourth-order valence-corrected chi connectivity index (χ4v) is 5.30. The monoisotopic (exact) mass is 556 g/mol. The van der Waals surface area contributed by atoms with Crippen molar-refractivity contribution in [3.8, 4) is 16.9 Å². The van der Waals surface area contributed by atoms with Gasteiger partial charge in [-0.05, 0) is 97.5 Å². The van der Waals surface area contributed by atoms with Gasteiger partial charge in [-0.3, -0.25) is 4.79 Å². The van der Waals surface area contributed by atoms with E-state index < -0.39 is 17.6 Å². The molecule has 2 amide bonds. The summed E-state index contributed by atoms with van der Waals surface area (Å²) < 4.78 is 11.3. The molecule has 8 nitrogen and oxygen atoms in total. The van der Waals surface area contributed by atoms with Crippen LogP contribution in [0.1, 0.15) is 54.4 Å². The Morgan fingerprint density at radius 1 is 1.02 bits per heavy atom. The first-order valence-electron chi connectivity index (χ1n) is 14.2. The lowest BCUT2D eigenvalue weighted by atomic mass is 9.91. The minimum Gasteiger partial charge on any atom is -0.493 e. The van der Waals surface area contributed by atoms with E-state index in [9.17, 15) is 19.5 Å². The molecule has 0 aromatic heterocycles. The Labute approximate surface area is 240 Å². The second-order valence-electron chi connectivity index (χ2n) is 10.9. The smallest absolute Gasteiger partial charge is 0.408 e. The predicted molar refractivity (Wildman–Crippen MR) is 156 cm³/mol. The lowest BCUT2D eigenvalue weighted by Crippen LogP contribution is -2.43. The summed E-state index contributed by atoms with van der Waals surface area (Å²) in [6.45, 7) is 5.31. The lowest BCUT2D eigenvalue weighted by molar-refractivity contribution is -0.140. The van der Waals surface area contributed by atoms with E-state index in [1.54, 1.807) is 0 Å². The predicted octanol–water partition coefficient (Wildman–Crippen LogP) is 5.95. The molecule has 0 unspecified atom stereocenters. The molecule has 3 aromatic carbocycles. The van der Waals surface area contributed by atoms with E-state index in [0.29, 0.717) is 38.8 Å². The summed E-state index contributed by atoms with van der Waals surface area (Å²) in [5.41, 5.74) is 6.02. The van der Waals surface area contributed by atoms with Gasteiger partial charge in [0.1, 0.15) is 17.9 Å². The molecule has 2 N–H and O–H groups in total. The van der Waals surface area contributed by atoms with Gasteiger partial charge in [-0.1, -0.05) is 42.5 Å². The first-order valence-corrected chi connectivity index (χ1v) is 14.2. The molecule has 1 heterocycles. The molecule has 1 saturated carbocycles. The molecule has 41 heavy (non-hydrogen) atoms. The molecule has 0 radical (unpaired) electrons. The van der Waals surface area contributed by atoms with E-state index >= 15 is 0 Å². The summed E-state index contributed by atoms with van der Waals surface area (Å²) in [5, 5.41) is 11.7. The fourth-order valence-electron chi connectivity index (χ4n) is 5.30. The van der Waals surface area contributed by atoms with Gasteiger partial charge in [-0.25, -0.2) is 9.59 Å². The lowest BCUT2D eigenvalue weighted by Gasteiger charge is -2.31. The number of nitrogens with one attached hydrogen (secondary N) is 1. The zero-order chi connectivity index (χ0) is 29.0. The Bertz CT molecular complexity index is 1460. The van der Waals surface area contributed by atoms with Crippen LogP contribution in [0.2, 0.25) is 0 Å². The third kappa shape index (κ3) is 6.37. The van der Waals surface area contributed by atoms with Gasteiger partial charge in [0.15, 0.2) is 0 Å². The largest absolute Gasteiger partial charge is 0.493 e. The van der Waals surface area contributed by atoms with Crippen molar-refractivity contribution in [3.05, 3.63) is 82.9 Å². The van der Waals surface area contributed by atoms with Crippen LogP contribution in [0.4, 0.5) is 10.5 Å². The minimum absolute atomic E-state index is 0.0269. The first-order chi connectivity index (χ1) is 19.8. The van der Waals surface area contributed by atoms with Crippen molar-refractivity contribution in [1.29, 1.82) is 0 Å². The summed E-state index contributed by atoms with van der Waals surface area (Å²) in [4.78, 5) is 38.7. The van der Waals surface area contributed by atoms with Crippen molar-refractivity contribution in [2.45, 2.75) is 64.5 Å². The molecular weight excluding hydrogens is 520 g/mol. The van der Waals surface area contributed by atoms with Crippen molar-refractivity contribution in [2.75, 3.05) is 18.1 Å². The van der Waals surface area contributed by atoms with Crippen molar-refractivity contribution in [2.24, 2.45) is 0 Å². The van der Waals surface area contributed by atoms with Gasteiger partial charge < -0.3 is 24.8 Å². The van der Waals surface area contributed by atoms with Gasteiger partial charge in [0, 0.05) is 18.7 Å². The fraction of sp³-hybridized carbons (Fsp3) is 0.364. The van der Waals surface area contributed by atoms with Crippen molar-refractivity contribution in [1.82, 2.24) is 5.32 Å². The molecule has 214 valence electrons. The van der Waals surface area contributed by atoms with E-state index in [1.165, 1.54) is 5.56 Å². The number of carbonyl (C=O) groups is 3. The number of ether oxygens (including phenoxy) is 2. The van der Waals surface area contributed by atoms with Gasteiger partial charge in [0.25, 0.3) is 0 Å². The molecule has 0 spiro atoms. The Morgan fingerprint density at radius 2 is 1.80 bits per heavy atom. The van der Waals surface area contributed by atoms with Gasteiger partial charge in [0.05, 0.1) is 6.61 Å². The number of anilines is 1. The molecule has 5 rings (SSSR count). The van der Waals surface area contributed by atoms with Crippen LogP contribution in [0.25, 0.3) is 11.1 Å². The maximum absolute atomic E-state index is 13.3. The van der Waals surface area contributed by atoms with Crippen LogP contribution in [-0.2, 0) is 27.4 Å².